The normalized spacial score (nSPS) is 16.7. The monoisotopic (exact) mass is 375 g/mol. The highest BCUT2D eigenvalue weighted by Gasteiger charge is 2.24. The average Bonchev–Trinajstić information content (AvgIpc) is 2.95. The van der Waals surface area contributed by atoms with Crippen molar-refractivity contribution in [3.8, 4) is 0 Å². The molecule has 1 aliphatic rings. The van der Waals surface area contributed by atoms with Crippen molar-refractivity contribution in [2.24, 2.45) is 13.0 Å². The minimum absolute atomic E-state index is 0.0805. The molecule has 1 aromatic heterocycles. The van der Waals surface area contributed by atoms with Crippen LogP contribution in [0.4, 0.5) is 4.39 Å². The number of hydrogen-bond acceptors (Lipinski definition) is 2. The van der Waals surface area contributed by atoms with Crippen molar-refractivity contribution >= 4 is 17.5 Å². The molecule has 1 aromatic carbocycles. The summed E-state index contributed by atoms with van der Waals surface area (Å²) in [6.07, 6.45) is 7.42. The molecule has 26 heavy (non-hydrogen) atoms. The summed E-state index contributed by atoms with van der Waals surface area (Å²) >= 11 is 6.20. The fourth-order valence-corrected chi connectivity index (χ4v) is 3.61. The van der Waals surface area contributed by atoms with Gasteiger partial charge >= 0.3 is 0 Å². The number of carbonyl (C=O) groups is 1. The number of halogens is 2. The molecule has 138 valence electrons. The number of allylic oxidation sites excluding steroid dienone is 2. The predicted molar refractivity (Wildman–Crippen MR) is 101 cm³/mol. The molecule has 0 aliphatic heterocycles. The first-order valence-electron chi connectivity index (χ1n) is 8.83. The van der Waals surface area contributed by atoms with Crippen LogP contribution in [0.25, 0.3) is 0 Å². The van der Waals surface area contributed by atoms with Crippen LogP contribution in [-0.4, -0.2) is 27.1 Å². The SMILES string of the molecule is Cc1cc(C(=O)N(Cc2ccc(F)cc2Cl)C[C@@H]2CC=CCC2)n(C)n1. The first kappa shape index (κ1) is 18.6. The van der Waals surface area contributed by atoms with Gasteiger partial charge in [-0.2, -0.15) is 5.10 Å². The summed E-state index contributed by atoms with van der Waals surface area (Å²) in [5.41, 5.74) is 2.09. The number of amides is 1. The highest BCUT2D eigenvalue weighted by molar-refractivity contribution is 6.31. The number of aryl methyl sites for hydroxylation is 2. The van der Waals surface area contributed by atoms with E-state index in [1.54, 1.807) is 28.8 Å². The lowest BCUT2D eigenvalue weighted by Crippen LogP contribution is -2.36. The zero-order chi connectivity index (χ0) is 18.7. The Morgan fingerprint density at radius 3 is 2.81 bits per heavy atom. The molecule has 1 aliphatic carbocycles. The zero-order valence-electron chi connectivity index (χ0n) is 15.1. The van der Waals surface area contributed by atoms with E-state index >= 15 is 0 Å². The second-order valence-corrected chi connectivity index (χ2v) is 7.27. The molecule has 0 N–H and O–H groups in total. The largest absolute Gasteiger partial charge is 0.333 e. The molecular weight excluding hydrogens is 353 g/mol. The molecule has 0 radical (unpaired) electrons. The highest BCUT2D eigenvalue weighted by atomic mass is 35.5. The molecule has 4 nitrogen and oxygen atoms in total. The summed E-state index contributed by atoms with van der Waals surface area (Å²) in [6, 6.07) is 6.11. The fourth-order valence-electron chi connectivity index (χ4n) is 3.38. The molecule has 1 atom stereocenters. The van der Waals surface area contributed by atoms with E-state index in [9.17, 15) is 9.18 Å². The maximum Gasteiger partial charge on any atom is 0.272 e. The standard InChI is InChI=1S/C20H23ClFN3O/c1-14-10-19(24(2)23-14)20(26)25(12-15-6-4-3-5-7-15)13-16-8-9-17(22)11-18(16)21/h3-4,8-11,15H,5-7,12-13H2,1-2H3/t15-/m1/s1. The maximum atomic E-state index is 13.4. The van der Waals surface area contributed by atoms with Crippen molar-refractivity contribution in [3.63, 3.8) is 0 Å². The Morgan fingerprint density at radius 2 is 2.19 bits per heavy atom. The van der Waals surface area contributed by atoms with Gasteiger partial charge in [-0.1, -0.05) is 29.8 Å². The van der Waals surface area contributed by atoms with Crippen LogP contribution in [0.5, 0.6) is 0 Å². The van der Waals surface area contributed by atoms with E-state index in [4.69, 9.17) is 11.6 Å². The van der Waals surface area contributed by atoms with Crippen molar-refractivity contribution in [3.05, 3.63) is 64.2 Å². The van der Waals surface area contributed by atoms with E-state index in [0.29, 0.717) is 29.7 Å². The lowest BCUT2D eigenvalue weighted by Gasteiger charge is -2.28. The van der Waals surface area contributed by atoms with Crippen LogP contribution in [0.15, 0.2) is 36.4 Å². The molecule has 0 saturated carbocycles. The summed E-state index contributed by atoms with van der Waals surface area (Å²) in [7, 11) is 1.77. The minimum atomic E-state index is -0.378. The Labute approximate surface area is 158 Å². The third-order valence-electron chi connectivity index (χ3n) is 4.74. The Hall–Kier alpha value is -2.14. The van der Waals surface area contributed by atoms with E-state index < -0.39 is 0 Å². The van der Waals surface area contributed by atoms with E-state index in [-0.39, 0.29) is 11.7 Å². The molecule has 0 bridgehead atoms. The van der Waals surface area contributed by atoms with Crippen molar-refractivity contribution in [2.75, 3.05) is 6.54 Å². The Morgan fingerprint density at radius 1 is 1.38 bits per heavy atom. The van der Waals surface area contributed by atoms with E-state index in [1.165, 1.54) is 12.1 Å². The second kappa shape index (κ2) is 8.04. The number of carbonyl (C=O) groups excluding carboxylic acids is 1. The van der Waals surface area contributed by atoms with Gasteiger partial charge < -0.3 is 4.90 Å². The topological polar surface area (TPSA) is 38.1 Å². The first-order valence-corrected chi connectivity index (χ1v) is 9.20. The highest BCUT2D eigenvalue weighted by Crippen LogP contribution is 2.24. The van der Waals surface area contributed by atoms with Gasteiger partial charge in [0.2, 0.25) is 0 Å². The molecule has 0 unspecified atom stereocenters. The van der Waals surface area contributed by atoms with Crippen LogP contribution in [0.2, 0.25) is 5.02 Å². The molecule has 3 rings (SSSR count). The summed E-state index contributed by atoms with van der Waals surface area (Å²) < 4.78 is 15.0. The minimum Gasteiger partial charge on any atom is -0.333 e. The summed E-state index contributed by atoms with van der Waals surface area (Å²) in [6.45, 7) is 2.85. The third kappa shape index (κ3) is 4.33. The van der Waals surface area contributed by atoms with E-state index in [1.807, 2.05) is 6.92 Å². The number of rotatable bonds is 5. The van der Waals surface area contributed by atoms with Gasteiger partial charge in [0.25, 0.3) is 5.91 Å². The Balaban J connectivity index is 1.86. The summed E-state index contributed by atoms with van der Waals surface area (Å²) in [5.74, 6) is -0.0446. The fraction of sp³-hybridized carbons (Fsp3) is 0.400. The molecule has 0 fully saturated rings. The van der Waals surface area contributed by atoms with Gasteiger partial charge in [-0.05, 0) is 55.9 Å². The van der Waals surface area contributed by atoms with Gasteiger partial charge in [0.05, 0.1) is 5.69 Å². The molecule has 6 heteroatoms. The van der Waals surface area contributed by atoms with Gasteiger partial charge in [-0.3, -0.25) is 9.48 Å². The average molecular weight is 376 g/mol. The zero-order valence-corrected chi connectivity index (χ0v) is 15.8. The van der Waals surface area contributed by atoms with Crippen LogP contribution in [-0.2, 0) is 13.6 Å². The van der Waals surface area contributed by atoms with E-state index in [0.717, 1.165) is 30.5 Å². The lowest BCUT2D eigenvalue weighted by molar-refractivity contribution is 0.0699. The van der Waals surface area contributed by atoms with Gasteiger partial charge in [-0.15, -0.1) is 0 Å². The van der Waals surface area contributed by atoms with Crippen molar-refractivity contribution < 1.29 is 9.18 Å². The molecule has 1 amide bonds. The molecule has 2 aromatic rings. The van der Waals surface area contributed by atoms with Crippen molar-refractivity contribution in [2.45, 2.75) is 32.7 Å². The smallest absolute Gasteiger partial charge is 0.272 e. The van der Waals surface area contributed by atoms with Crippen LogP contribution < -0.4 is 0 Å². The number of aromatic nitrogens is 2. The Kier molecular flexibility index (Phi) is 5.77. The van der Waals surface area contributed by atoms with Crippen molar-refractivity contribution in [1.82, 2.24) is 14.7 Å². The lowest BCUT2D eigenvalue weighted by atomic mass is 9.93. The number of hydrogen-bond donors (Lipinski definition) is 0. The summed E-state index contributed by atoms with van der Waals surface area (Å²) in [4.78, 5) is 15.0. The van der Waals surface area contributed by atoms with Crippen LogP contribution in [0.3, 0.4) is 0 Å². The van der Waals surface area contributed by atoms with Gasteiger partial charge in [-0.25, -0.2) is 4.39 Å². The maximum absolute atomic E-state index is 13.4. The van der Waals surface area contributed by atoms with Gasteiger partial charge in [0.15, 0.2) is 0 Å². The summed E-state index contributed by atoms with van der Waals surface area (Å²) in [5, 5.41) is 4.62. The van der Waals surface area contributed by atoms with Crippen molar-refractivity contribution in [1.29, 1.82) is 0 Å². The van der Waals surface area contributed by atoms with Crippen LogP contribution in [0, 0.1) is 18.7 Å². The Bertz CT molecular complexity index is 830. The first-order chi connectivity index (χ1) is 12.4. The quantitative estimate of drug-likeness (QED) is 0.720. The second-order valence-electron chi connectivity index (χ2n) is 6.87. The van der Waals surface area contributed by atoms with E-state index in [2.05, 4.69) is 17.3 Å². The molecular formula is C20H23ClFN3O. The predicted octanol–water partition coefficient (Wildman–Crippen LogP) is 4.52. The van der Waals surface area contributed by atoms with Gasteiger partial charge in [0.1, 0.15) is 11.5 Å². The van der Waals surface area contributed by atoms with Crippen LogP contribution >= 0.6 is 11.6 Å². The molecule has 1 heterocycles. The molecule has 0 spiro atoms. The number of nitrogens with zero attached hydrogens (tertiary/aromatic N) is 3. The van der Waals surface area contributed by atoms with Crippen LogP contribution in [0.1, 0.15) is 41.0 Å². The molecule has 0 saturated heterocycles. The number of benzene rings is 1. The third-order valence-corrected chi connectivity index (χ3v) is 5.09. The van der Waals surface area contributed by atoms with Gasteiger partial charge in [0, 0.05) is 25.2 Å².